The Morgan fingerprint density at radius 1 is 0.619 bits per heavy atom. The van der Waals surface area contributed by atoms with E-state index >= 15 is 0 Å². The van der Waals surface area contributed by atoms with E-state index in [2.05, 4.69) is 13.8 Å². The summed E-state index contributed by atoms with van der Waals surface area (Å²) in [6.45, 7) is 4.28. The van der Waals surface area contributed by atoms with Gasteiger partial charge in [-0.3, -0.25) is 0 Å². The van der Waals surface area contributed by atoms with Gasteiger partial charge in [-0.15, -0.1) is 0 Å². The molecule has 0 heterocycles. The summed E-state index contributed by atoms with van der Waals surface area (Å²) in [7, 11) is 0. The van der Waals surface area contributed by atoms with Crippen LogP contribution in [0.1, 0.15) is 90.9 Å². The molecule has 0 aliphatic carbocycles. The van der Waals surface area contributed by atoms with Crippen molar-refractivity contribution in [3.05, 3.63) is 0 Å². The minimum atomic E-state index is -0.920. The van der Waals surface area contributed by atoms with Gasteiger partial charge in [-0.25, -0.2) is 0 Å². The molecule has 0 aromatic carbocycles. The number of hydrogen-bond donors (Lipinski definition) is 0. The summed E-state index contributed by atoms with van der Waals surface area (Å²) in [4.78, 5) is 19.8. The minimum Gasteiger partial charge on any atom is -0.550 e. The molecule has 0 spiro atoms. The number of aliphatic carboxylic acids is 2. The largest absolute Gasteiger partial charge is 2.00 e. The minimum absolute atomic E-state index is 0. The molecule has 0 bridgehead atoms. The molecule has 120 valence electrons. The van der Waals surface area contributed by atoms with Crippen LogP contribution in [0.25, 0.3) is 0 Å². The second-order valence-electron chi connectivity index (χ2n) is 5.07. The maximum absolute atomic E-state index is 9.92. The summed E-state index contributed by atoms with van der Waals surface area (Å²) in [5, 5.41) is 19.8. The van der Waals surface area contributed by atoms with E-state index in [4.69, 9.17) is 0 Å². The molecule has 0 rings (SSSR count). The van der Waals surface area contributed by atoms with Crippen LogP contribution >= 0.6 is 0 Å². The number of carbonyl (C=O) groups excluding carboxylic acids is 2. The molecule has 0 aliphatic rings. The molecule has 0 saturated heterocycles. The second-order valence-corrected chi connectivity index (χ2v) is 5.07. The molecule has 0 aliphatic heterocycles. The number of carboxylic acids is 2. The van der Waals surface area contributed by atoms with Crippen molar-refractivity contribution < 1.29 is 47.1 Å². The van der Waals surface area contributed by atoms with E-state index in [-0.39, 0.29) is 40.1 Å². The number of rotatable bonds is 12. The predicted molar refractivity (Wildman–Crippen MR) is 76.8 cm³/mol. The third kappa shape index (κ3) is 33.0. The van der Waals surface area contributed by atoms with Gasteiger partial charge in [0, 0.05) is 11.9 Å². The van der Waals surface area contributed by atoms with E-state index in [0.717, 1.165) is 38.5 Å². The van der Waals surface area contributed by atoms with Crippen LogP contribution in [0.5, 0.6) is 0 Å². The Labute approximate surface area is 149 Å². The van der Waals surface area contributed by atoms with Crippen molar-refractivity contribution in [3.8, 4) is 0 Å². The average molecular weight is 399 g/mol. The van der Waals surface area contributed by atoms with Crippen LogP contribution < -0.4 is 10.2 Å². The Morgan fingerprint density at radius 3 is 1.14 bits per heavy atom. The maximum atomic E-state index is 9.92. The fourth-order valence-corrected chi connectivity index (χ4v) is 1.75. The van der Waals surface area contributed by atoms with Gasteiger partial charge in [-0.1, -0.05) is 65.2 Å². The number of unbranched alkanes of at least 4 members (excludes halogenated alkanes) is 8. The summed E-state index contributed by atoms with van der Waals surface area (Å²) >= 11 is 0. The van der Waals surface area contributed by atoms with Crippen LogP contribution in [0.4, 0.5) is 0 Å². The summed E-state index contributed by atoms with van der Waals surface area (Å²) in [6, 6.07) is 0. The van der Waals surface area contributed by atoms with Crippen molar-refractivity contribution in [2.45, 2.75) is 90.9 Å². The van der Waals surface area contributed by atoms with Crippen molar-refractivity contribution >= 4 is 11.9 Å². The molecule has 0 radical (unpaired) electrons. The van der Waals surface area contributed by atoms with E-state index in [0.29, 0.717) is 0 Å². The van der Waals surface area contributed by atoms with Gasteiger partial charge in [0.1, 0.15) is 0 Å². The van der Waals surface area contributed by atoms with E-state index in [9.17, 15) is 19.8 Å². The van der Waals surface area contributed by atoms with Crippen molar-refractivity contribution in [1.29, 1.82) is 0 Å². The first-order valence-electron chi connectivity index (χ1n) is 7.94. The monoisotopic (exact) mass is 400 g/mol. The zero-order chi connectivity index (χ0) is 15.6. The smallest absolute Gasteiger partial charge is 0.550 e. The zero-order valence-corrected chi connectivity index (χ0v) is 17.9. The number of carboxylic acid groups (broad SMARTS) is 2. The second kappa shape index (κ2) is 22.1. The molecule has 0 amide bonds. The van der Waals surface area contributed by atoms with Gasteiger partial charge in [0.05, 0.1) is 0 Å². The molecule has 4 nitrogen and oxygen atoms in total. The summed E-state index contributed by atoms with van der Waals surface area (Å²) in [5.74, 6) is -1.84. The van der Waals surface area contributed by atoms with Crippen LogP contribution in [0.15, 0.2) is 0 Å². The number of hydrogen-bond acceptors (Lipinski definition) is 4. The quantitative estimate of drug-likeness (QED) is 0.373. The van der Waals surface area contributed by atoms with Gasteiger partial charge in [-0.2, -0.15) is 0 Å². The third-order valence-corrected chi connectivity index (χ3v) is 2.97. The predicted octanol–water partition coefficient (Wildman–Crippen LogP) is 2.19. The molecular formula is C16H30CdO4. The van der Waals surface area contributed by atoms with Crippen LogP contribution in [0, 0.1) is 0 Å². The zero-order valence-electron chi connectivity index (χ0n) is 13.8. The van der Waals surface area contributed by atoms with E-state index in [1.54, 1.807) is 0 Å². The molecule has 0 fully saturated rings. The first kappa shape index (κ1) is 25.8. The van der Waals surface area contributed by atoms with Crippen molar-refractivity contribution in [1.82, 2.24) is 0 Å². The summed E-state index contributed by atoms with van der Waals surface area (Å²) in [5.41, 5.74) is 0. The fourth-order valence-electron chi connectivity index (χ4n) is 1.75. The Bertz CT molecular complexity index is 208. The standard InChI is InChI=1S/2C8H16O2.Cd/c2*1-2-3-4-5-6-7-8(9)10;/h2*2-7H2,1H3,(H,9,10);/q;;+2/p-2. The summed E-state index contributed by atoms with van der Waals surface area (Å²) in [6.07, 6.45) is 11.2. The molecule has 0 aromatic rings. The Hall–Kier alpha value is -0.138. The van der Waals surface area contributed by atoms with Gasteiger partial charge in [0.2, 0.25) is 0 Å². The molecule has 0 atom stereocenters. The number of carbonyl (C=O) groups is 2. The molecule has 0 unspecified atom stereocenters. The molecule has 21 heavy (non-hydrogen) atoms. The van der Waals surface area contributed by atoms with Gasteiger partial charge < -0.3 is 19.8 Å². The average Bonchev–Trinajstić information content (AvgIpc) is 2.38. The fraction of sp³-hybridized carbons (Fsp3) is 0.875. The van der Waals surface area contributed by atoms with E-state index in [1.165, 1.54) is 25.7 Å². The van der Waals surface area contributed by atoms with E-state index < -0.39 is 11.9 Å². The van der Waals surface area contributed by atoms with Crippen LogP contribution in [0.3, 0.4) is 0 Å². The first-order valence-corrected chi connectivity index (χ1v) is 7.94. The summed E-state index contributed by atoms with van der Waals surface area (Å²) < 4.78 is 0. The first-order chi connectivity index (χ1) is 9.54. The van der Waals surface area contributed by atoms with Gasteiger partial charge in [0.15, 0.2) is 0 Å². The Kier molecular flexibility index (Phi) is 27.2. The Balaban J connectivity index is -0.000000295. The third-order valence-electron chi connectivity index (χ3n) is 2.97. The van der Waals surface area contributed by atoms with Crippen LogP contribution in [0.2, 0.25) is 0 Å². The topological polar surface area (TPSA) is 80.3 Å². The molecule has 5 heteroatoms. The molecule has 0 saturated carbocycles. The van der Waals surface area contributed by atoms with E-state index in [1.807, 2.05) is 0 Å². The SMILES string of the molecule is CCCCCCCC(=O)[O-].CCCCCCCC(=O)[O-].[Cd+2]. The van der Waals surface area contributed by atoms with Gasteiger partial charge in [0.25, 0.3) is 0 Å². The van der Waals surface area contributed by atoms with Gasteiger partial charge in [-0.05, 0) is 25.7 Å². The maximum Gasteiger partial charge on any atom is 2.00 e. The molecule has 0 N–H and O–H groups in total. The van der Waals surface area contributed by atoms with Crippen LogP contribution in [-0.4, -0.2) is 11.9 Å². The Morgan fingerprint density at radius 2 is 0.905 bits per heavy atom. The van der Waals surface area contributed by atoms with Crippen molar-refractivity contribution in [2.24, 2.45) is 0 Å². The molecule has 0 aromatic heterocycles. The molecular weight excluding hydrogens is 369 g/mol. The van der Waals surface area contributed by atoms with Crippen molar-refractivity contribution in [3.63, 3.8) is 0 Å². The van der Waals surface area contributed by atoms with Crippen LogP contribution in [-0.2, 0) is 36.9 Å². The van der Waals surface area contributed by atoms with Crippen molar-refractivity contribution in [2.75, 3.05) is 0 Å². The van der Waals surface area contributed by atoms with Gasteiger partial charge >= 0.3 is 27.3 Å². The normalized spacial score (nSPS) is 9.24.